The SMILES string of the molecule is NC1CCC(C(=O)Nc2ccc(CCN3CCCC3)cc2)C1. The Hall–Kier alpha value is -1.39. The molecule has 1 heterocycles. The smallest absolute Gasteiger partial charge is 0.227 e. The topological polar surface area (TPSA) is 58.4 Å². The molecule has 2 aliphatic rings. The number of likely N-dealkylation sites (tertiary alicyclic amines) is 1. The number of benzene rings is 1. The predicted octanol–water partition coefficient (Wildman–Crippen LogP) is 2.39. The lowest BCUT2D eigenvalue weighted by atomic mass is 10.1. The standard InChI is InChI=1S/C18H27N3O/c19-16-6-5-15(13-16)18(22)20-17-7-3-14(4-8-17)9-12-21-10-1-2-11-21/h3-4,7-8,15-16H,1-2,5-6,9-13,19H2,(H,20,22). The maximum atomic E-state index is 12.2. The van der Waals surface area contributed by atoms with E-state index in [1.807, 2.05) is 12.1 Å². The first-order valence-corrected chi connectivity index (χ1v) is 8.58. The van der Waals surface area contributed by atoms with E-state index >= 15 is 0 Å². The van der Waals surface area contributed by atoms with Gasteiger partial charge in [-0.05, 0) is 69.3 Å². The first-order valence-electron chi connectivity index (χ1n) is 8.58. The van der Waals surface area contributed by atoms with Crippen molar-refractivity contribution in [3.8, 4) is 0 Å². The lowest BCUT2D eigenvalue weighted by molar-refractivity contribution is -0.119. The number of nitrogens with two attached hydrogens (primary N) is 1. The summed E-state index contributed by atoms with van der Waals surface area (Å²) >= 11 is 0. The molecule has 1 aliphatic heterocycles. The highest BCUT2D eigenvalue weighted by molar-refractivity contribution is 5.92. The van der Waals surface area contributed by atoms with Gasteiger partial charge in [-0.15, -0.1) is 0 Å². The summed E-state index contributed by atoms with van der Waals surface area (Å²) in [6, 6.07) is 8.50. The van der Waals surface area contributed by atoms with Crippen molar-refractivity contribution >= 4 is 11.6 Å². The summed E-state index contributed by atoms with van der Waals surface area (Å²) in [6.07, 6.45) is 6.48. The number of amides is 1. The molecule has 0 radical (unpaired) electrons. The molecule has 1 saturated heterocycles. The Bertz CT molecular complexity index is 494. The summed E-state index contributed by atoms with van der Waals surface area (Å²) in [5.74, 6) is 0.211. The van der Waals surface area contributed by atoms with Crippen molar-refractivity contribution in [1.82, 2.24) is 4.90 Å². The molecule has 120 valence electrons. The molecule has 22 heavy (non-hydrogen) atoms. The number of hydrogen-bond acceptors (Lipinski definition) is 3. The van der Waals surface area contributed by atoms with Crippen LogP contribution in [0.2, 0.25) is 0 Å². The zero-order chi connectivity index (χ0) is 15.4. The summed E-state index contributed by atoms with van der Waals surface area (Å²) in [5.41, 5.74) is 8.12. The highest BCUT2D eigenvalue weighted by atomic mass is 16.1. The Kier molecular flexibility index (Phi) is 5.11. The number of nitrogens with one attached hydrogen (secondary N) is 1. The van der Waals surface area contributed by atoms with Crippen molar-refractivity contribution in [2.24, 2.45) is 11.7 Å². The van der Waals surface area contributed by atoms with Crippen LogP contribution >= 0.6 is 0 Å². The van der Waals surface area contributed by atoms with Crippen LogP contribution in [-0.4, -0.2) is 36.5 Å². The zero-order valence-electron chi connectivity index (χ0n) is 13.3. The predicted molar refractivity (Wildman–Crippen MR) is 89.8 cm³/mol. The minimum Gasteiger partial charge on any atom is -0.328 e. The second-order valence-corrected chi connectivity index (χ2v) is 6.75. The highest BCUT2D eigenvalue weighted by Crippen LogP contribution is 2.25. The lowest BCUT2D eigenvalue weighted by Crippen LogP contribution is -2.23. The molecule has 0 aromatic heterocycles. The van der Waals surface area contributed by atoms with E-state index in [0.29, 0.717) is 0 Å². The Balaban J connectivity index is 1.47. The van der Waals surface area contributed by atoms with E-state index in [4.69, 9.17) is 5.73 Å². The van der Waals surface area contributed by atoms with Gasteiger partial charge in [0.25, 0.3) is 0 Å². The van der Waals surface area contributed by atoms with Gasteiger partial charge in [0.2, 0.25) is 5.91 Å². The molecular weight excluding hydrogens is 274 g/mol. The van der Waals surface area contributed by atoms with Gasteiger partial charge in [0.1, 0.15) is 0 Å². The van der Waals surface area contributed by atoms with E-state index < -0.39 is 0 Å². The molecule has 3 N–H and O–H groups in total. The summed E-state index contributed by atoms with van der Waals surface area (Å²) in [5, 5.41) is 3.02. The molecule has 0 spiro atoms. The molecular formula is C18H27N3O. The molecule has 3 rings (SSSR count). The number of carbonyl (C=O) groups is 1. The van der Waals surface area contributed by atoms with Crippen LogP contribution in [-0.2, 0) is 11.2 Å². The third-order valence-corrected chi connectivity index (χ3v) is 4.98. The van der Waals surface area contributed by atoms with E-state index in [2.05, 4.69) is 22.3 Å². The average Bonchev–Trinajstić information content (AvgIpc) is 3.18. The van der Waals surface area contributed by atoms with Crippen LogP contribution < -0.4 is 11.1 Å². The first kappa shape index (κ1) is 15.5. The monoisotopic (exact) mass is 301 g/mol. The van der Waals surface area contributed by atoms with E-state index in [1.54, 1.807) is 0 Å². The molecule has 1 saturated carbocycles. The van der Waals surface area contributed by atoms with Crippen molar-refractivity contribution < 1.29 is 4.79 Å². The number of anilines is 1. The van der Waals surface area contributed by atoms with Crippen molar-refractivity contribution in [3.63, 3.8) is 0 Å². The van der Waals surface area contributed by atoms with E-state index in [0.717, 1.165) is 37.9 Å². The number of nitrogens with zero attached hydrogens (tertiary/aromatic N) is 1. The van der Waals surface area contributed by atoms with Crippen molar-refractivity contribution in [1.29, 1.82) is 0 Å². The summed E-state index contributed by atoms with van der Waals surface area (Å²) < 4.78 is 0. The number of rotatable bonds is 5. The van der Waals surface area contributed by atoms with Gasteiger partial charge in [-0.25, -0.2) is 0 Å². The van der Waals surface area contributed by atoms with E-state index in [9.17, 15) is 4.79 Å². The Labute approximate surface area is 133 Å². The maximum Gasteiger partial charge on any atom is 0.227 e. The van der Waals surface area contributed by atoms with Gasteiger partial charge >= 0.3 is 0 Å². The van der Waals surface area contributed by atoms with Crippen LogP contribution in [0.25, 0.3) is 0 Å². The van der Waals surface area contributed by atoms with Gasteiger partial charge in [-0.2, -0.15) is 0 Å². The molecule has 1 aliphatic carbocycles. The normalized spacial score (nSPS) is 25.5. The van der Waals surface area contributed by atoms with Crippen molar-refractivity contribution in [3.05, 3.63) is 29.8 Å². The fourth-order valence-electron chi connectivity index (χ4n) is 3.55. The Morgan fingerprint density at radius 2 is 1.91 bits per heavy atom. The van der Waals surface area contributed by atoms with Gasteiger partial charge in [-0.1, -0.05) is 12.1 Å². The van der Waals surface area contributed by atoms with Crippen LogP contribution in [0.4, 0.5) is 5.69 Å². The van der Waals surface area contributed by atoms with Crippen LogP contribution in [0, 0.1) is 5.92 Å². The molecule has 1 aromatic carbocycles. The first-order chi connectivity index (χ1) is 10.7. The zero-order valence-corrected chi connectivity index (χ0v) is 13.3. The van der Waals surface area contributed by atoms with Gasteiger partial charge in [0.15, 0.2) is 0 Å². The van der Waals surface area contributed by atoms with Crippen molar-refractivity contribution in [2.45, 2.75) is 44.6 Å². The molecule has 1 aromatic rings. The largest absolute Gasteiger partial charge is 0.328 e. The molecule has 2 fully saturated rings. The van der Waals surface area contributed by atoms with E-state index in [-0.39, 0.29) is 17.9 Å². The van der Waals surface area contributed by atoms with E-state index in [1.165, 1.54) is 31.5 Å². The third kappa shape index (κ3) is 4.08. The second kappa shape index (κ2) is 7.25. The van der Waals surface area contributed by atoms with Gasteiger partial charge < -0.3 is 16.0 Å². The van der Waals surface area contributed by atoms with Crippen LogP contribution in [0.3, 0.4) is 0 Å². The average molecular weight is 301 g/mol. The minimum atomic E-state index is 0.0878. The molecule has 4 heteroatoms. The molecule has 2 unspecified atom stereocenters. The maximum absolute atomic E-state index is 12.2. The van der Waals surface area contributed by atoms with Gasteiger partial charge in [0, 0.05) is 24.2 Å². The minimum absolute atomic E-state index is 0.0878. The third-order valence-electron chi connectivity index (χ3n) is 4.98. The van der Waals surface area contributed by atoms with Gasteiger partial charge in [-0.3, -0.25) is 4.79 Å². The summed E-state index contributed by atoms with van der Waals surface area (Å²) in [7, 11) is 0. The fourth-order valence-corrected chi connectivity index (χ4v) is 3.55. The molecule has 2 atom stereocenters. The highest BCUT2D eigenvalue weighted by Gasteiger charge is 2.27. The quantitative estimate of drug-likeness (QED) is 0.878. The summed E-state index contributed by atoms with van der Waals surface area (Å²) in [6.45, 7) is 3.64. The number of hydrogen-bond donors (Lipinski definition) is 2. The fraction of sp³-hybridized carbons (Fsp3) is 0.611. The van der Waals surface area contributed by atoms with Gasteiger partial charge in [0.05, 0.1) is 0 Å². The van der Waals surface area contributed by atoms with Crippen LogP contribution in [0.15, 0.2) is 24.3 Å². The van der Waals surface area contributed by atoms with Crippen LogP contribution in [0.1, 0.15) is 37.7 Å². The molecule has 1 amide bonds. The Morgan fingerprint density at radius 3 is 2.55 bits per heavy atom. The summed E-state index contributed by atoms with van der Waals surface area (Å²) in [4.78, 5) is 14.7. The van der Waals surface area contributed by atoms with Crippen molar-refractivity contribution in [2.75, 3.05) is 25.0 Å². The number of carbonyl (C=O) groups excluding carboxylic acids is 1. The second-order valence-electron chi connectivity index (χ2n) is 6.75. The lowest BCUT2D eigenvalue weighted by Gasteiger charge is -2.14. The Morgan fingerprint density at radius 1 is 1.18 bits per heavy atom. The molecule has 4 nitrogen and oxygen atoms in total. The molecule has 0 bridgehead atoms. The van der Waals surface area contributed by atoms with Crippen LogP contribution in [0.5, 0.6) is 0 Å².